The van der Waals surface area contributed by atoms with E-state index in [-0.39, 0.29) is 24.4 Å². The third-order valence-corrected chi connectivity index (χ3v) is 1.64. The van der Waals surface area contributed by atoms with Crippen LogP contribution < -0.4 is 0 Å². The van der Waals surface area contributed by atoms with Gasteiger partial charge in [0.1, 0.15) is 6.07 Å². The molecule has 0 unspecified atom stereocenters. The van der Waals surface area contributed by atoms with Crippen molar-refractivity contribution in [3.8, 4) is 17.9 Å². The minimum Gasteiger partial charge on any atom is -0.395 e. The van der Waals surface area contributed by atoms with Crippen molar-refractivity contribution in [1.29, 1.82) is 5.26 Å². The lowest BCUT2D eigenvalue weighted by Crippen LogP contribution is -1.96. The number of aromatic nitrogens is 1. The molecular formula is C10H7N3O3. The van der Waals surface area contributed by atoms with E-state index in [0.717, 1.165) is 0 Å². The molecule has 80 valence electrons. The van der Waals surface area contributed by atoms with Gasteiger partial charge in [-0.1, -0.05) is 11.8 Å². The lowest BCUT2D eigenvalue weighted by molar-refractivity contribution is -0.385. The van der Waals surface area contributed by atoms with Crippen LogP contribution in [0, 0.1) is 33.3 Å². The van der Waals surface area contributed by atoms with E-state index in [1.54, 1.807) is 6.07 Å². The second kappa shape index (κ2) is 5.44. The molecular weight excluding hydrogens is 210 g/mol. The molecule has 1 heterocycles. The maximum Gasteiger partial charge on any atom is 0.306 e. The van der Waals surface area contributed by atoms with E-state index in [9.17, 15) is 10.1 Å². The Hall–Kier alpha value is -2.44. The van der Waals surface area contributed by atoms with Crippen LogP contribution in [0.4, 0.5) is 5.69 Å². The Morgan fingerprint density at radius 1 is 1.62 bits per heavy atom. The van der Waals surface area contributed by atoms with Crippen molar-refractivity contribution in [2.45, 2.75) is 6.42 Å². The molecule has 0 saturated carbocycles. The SMILES string of the molecule is N#Cc1ncc(C#CCCO)cc1[N+](=O)[O-]. The van der Waals surface area contributed by atoms with Gasteiger partial charge >= 0.3 is 5.69 Å². The van der Waals surface area contributed by atoms with Gasteiger partial charge in [0.15, 0.2) is 0 Å². The molecule has 0 fully saturated rings. The van der Waals surface area contributed by atoms with Gasteiger partial charge in [0.2, 0.25) is 5.69 Å². The van der Waals surface area contributed by atoms with Crippen LogP contribution in [0.15, 0.2) is 12.3 Å². The number of nitro groups is 1. The fourth-order valence-electron chi connectivity index (χ4n) is 0.967. The molecule has 1 rings (SSSR count). The number of hydrogen-bond acceptors (Lipinski definition) is 5. The van der Waals surface area contributed by atoms with Crippen molar-refractivity contribution < 1.29 is 10.0 Å². The number of pyridine rings is 1. The van der Waals surface area contributed by atoms with Gasteiger partial charge in [-0.3, -0.25) is 10.1 Å². The summed E-state index contributed by atoms with van der Waals surface area (Å²) in [7, 11) is 0. The zero-order chi connectivity index (χ0) is 12.0. The Kier molecular flexibility index (Phi) is 3.96. The van der Waals surface area contributed by atoms with E-state index in [0.29, 0.717) is 5.56 Å². The number of aliphatic hydroxyl groups excluding tert-OH is 1. The third kappa shape index (κ3) is 2.77. The molecule has 16 heavy (non-hydrogen) atoms. The van der Waals surface area contributed by atoms with Crippen LogP contribution >= 0.6 is 0 Å². The van der Waals surface area contributed by atoms with Crippen molar-refractivity contribution in [3.63, 3.8) is 0 Å². The van der Waals surface area contributed by atoms with Crippen LogP contribution in [-0.2, 0) is 0 Å². The van der Waals surface area contributed by atoms with Crippen LogP contribution in [0.2, 0.25) is 0 Å². The molecule has 0 saturated heterocycles. The van der Waals surface area contributed by atoms with Crippen molar-refractivity contribution in [2.75, 3.05) is 6.61 Å². The van der Waals surface area contributed by atoms with E-state index >= 15 is 0 Å². The molecule has 0 bridgehead atoms. The first-order valence-electron chi connectivity index (χ1n) is 4.33. The Bertz CT molecular complexity index is 508. The fraction of sp³-hybridized carbons (Fsp3) is 0.200. The lowest BCUT2D eigenvalue weighted by atomic mass is 10.2. The second-order valence-electron chi connectivity index (χ2n) is 2.74. The van der Waals surface area contributed by atoms with E-state index < -0.39 is 4.92 Å². The van der Waals surface area contributed by atoms with Crippen LogP contribution in [0.25, 0.3) is 0 Å². The lowest BCUT2D eigenvalue weighted by Gasteiger charge is -1.94. The molecule has 0 aromatic carbocycles. The number of nitrogens with zero attached hydrogens (tertiary/aromatic N) is 3. The molecule has 6 heteroatoms. The summed E-state index contributed by atoms with van der Waals surface area (Å²) in [5.74, 6) is 5.22. The number of nitriles is 1. The molecule has 1 aromatic rings. The number of rotatable bonds is 2. The van der Waals surface area contributed by atoms with E-state index in [4.69, 9.17) is 10.4 Å². The summed E-state index contributed by atoms with van der Waals surface area (Å²) in [5, 5.41) is 27.7. The van der Waals surface area contributed by atoms with Crippen LogP contribution in [-0.4, -0.2) is 21.6 Å². The first-order chi connectivity index (χ1) is 7.69. The summed E-state index contributed by atoms with van der Waals surface area (Å²) in [6.45, 7) is -0.0706. The standard InChI is InChI=1S/C10H7N3O3/c11-6-9-10(13(15)16)5-8(7-12-9)3-1-2-4-14/h5,7,14H,2,4H2. The highest BCUT2D eigenvalue weighted by atomic mass is 16.6. The minimum atomic E-state index is -0.678. The van der Waals surface area contributed by atoms with Crippen LogP contribution in [0.1, 0.15) is 17.7 Å². The normalized spacial score (nSPS) is 8.75. The Balaban J connectivity index is 3.10. The van der Waals surface area contributed by atoms with Crippen molar-refractivity contribution in [2.24, 2.45) is 0 Å². The molecule has 0 aliphatic heterocycles. The monoisotopic (exact) mass is 217 g/mol. The van der Waals surface area contributed by atoms with E-state index in [2.05, 4.69) is 16.8 Å². The Labute approximate surface area is 91.3 Å². The highest BCUT2D eigenvalue weighted by Gasteiger charge is 2.14. The predicted octanol–water partition coefficient (Wildman–Crippen LogP) is 0.595. The number of hydrogen-bond donors (Lipinski definition) is 1. The smallest absolute Gasteiger partial charge is 0.306 e. The van der Waals surface area contributed by atoms with Gasteiger partial charge in [-0.05, 0) is 0 Å². The molecule has 0 spiro atoms. The van der Waals surface area contributed by atoms with Gasteiger partial charge in [0, 0.05) is 24.2 Å². The highest BCUT2D eigenvalue weighted by Crippen LogP contribution is 2.16. The van der Waals surface area contributed by atoms with Crippen molar-refractivity contribution in [3.05, 3.63) is 33.6 Å². The van der Waals surface area contributed by atoms with E-state index in [1.807, 2.05) is 0 Å². The van der Waals surface area contributed by atoms with Crippen LogP contribution in [0.3, 0.4) is 0 Å². The van der Waals surface area contributed by atoms with Crippen LogP contribution in [0.5, 0.6) is 0 Å². The Morgan fingerprint density at radius 2 is 2.38 bits per heavy atom. The largest absolute Gasteiger partial charge is 0.395 e. The zero-order valence-electron chi connectivity index (χ0n) is 8.17. The van der Waals surface area contributed by atoms with E-state index in [1.165, 1.54) is 12.3 Å². The maximum absolute atomic E-state index is 10.6. The second-order valence-corrected chi connectivity index (χ2v) is 2.74. The first kappa shape index (κ1) is 11.6. The summed E-state index contributed by atoms with van der Waals surface area (Å²) in [6, 6.07) is 2.82. The summed E-state index contributed by atoms with van der Waals surface area (Å²) >= 11 is 0. The first-order valence-corrected chi connectivity index (χ1v) is 4.33. The summed E-state index contributed by atoms with van der Waals surface area (Å²) in [5.41, 5.74) is -0.254. The summed E-state index contributed by atoms with van der Waals surface area (Å²) in [6.07, 6.45) is 1.57. The minimum absolute atomic E-state index is 0.0706. The average molecular weight is 217 g/mol. The molecule has 1 N–H and O–H groups in total. The molecule has 0 atom stereocenters. The molecule has 0 aliphatic carbocycles. The van der Waals surface area contributed by atoms with Gasteiger partial charge < -0.3 is 5.11 Å². The quantitative estimate of drug-likeness (QED) is 0.444. The summed E-state index contributed by atoms with van der Waals surface area (Å²) in [4.78, 5) is 13.5. The topological polar surface area (TPSA) is 100 Å². The average Bonchev–Trinajstić information content (AvgIpc) is 2.29. The maximum atomic E-state index is 10.6. The number of aliphatic hydroxyl groups is 1. The third-order valence-electron chi connectivity index (χ3n) is 1.64. The predicted molar refractivity (Wildman–Crippen MR) is 54.2 cm³/mol. The van der Waals surface area contributed by atoms with Gasteiger partial charge in [0.05, 0.1) is 11.5 Å². The van der Waals surface area contributed by atoms with Gasteiger partial charge in [0.25, 0.3) is 0 Å². The van der Waals surface area contributed by atoms with Crippen molar-refractivity contribution >= 4 is 5.69 Å². The van der Waals surface area contributed by atoms with Crippen molar-refractivity contribution in [1.82, 2.24) is 4.98 Å². The zero-order valence-corrected chi connectivity index (χ0v) is 8.17. The summed E-state index contributed by atoms with van der Waals surface area (Å²) < 4.78 is 0. The molecule has 0 radical (unpaired) electrons. The van der Waals surface area contributed by atoms with Gasteiger partial charge in [-0.2, -0.15) is 5.26 Å². The molecule has 1 aromatic heterocycles. The highest BCUT2D eigenvalue weighted by molar-refractivity contribution is 5.49. The molecule has 0 amide bonds. The fourth-order valence-corrected chi connectivity index (χ4v) is 0.967. The molecule has 0 aliphatic rings. The van der Waals surface area contributed by atoms with Gasteiger partial charge in [-0.25, -0.2) is 4.98 Å². The molecule has 6 nitrogen and oxygen atoms in total. The Morgan fingerprint density at radius 3 is 2.94 bits per heavy atom. The van der Waals surface area contributed by atoms with Gasteiger partial charge in [-0.15, -0.1) is 0 Å².